The fraction of sp³-hybridized carbons (Fsp3) is 0.933. The van der Waals surface area contributed by atoms with E-state index in [4.69, 9.17) is 0 Å². The standard InChI is InChI=1S/C15H24N2O/c18-15(17-8-11-3-1-2-6-16-11)14-12-9-4-5-10(7-9)13(12)14/h9-14,16H,1-8H2,(H,17,18). The number of fused-ring (bicyclic) bond motifs is 5. The maximum Gasteiger partial charge on any atom is 0.223 e. The first kappa shape index (κ1) is 11.3. The van der Waals surface area contributed by atoms with E-state index in [0.29, 0.717) is 17.9 Å². The molecular formula is C15H24N2O. The lowest BCUT2D eigenvalue weighted by Crippen LogP contribution is -2.44. The van der Waals surface area contributed by atoms with Gasteiger partial charge >= 0.3 is 0 Å². The van der Waals surface area contributed by atoms with Crippen molar-refractivity contribution in [2.45, 2.75) is 44.6 Å². The van der Waals surface area contributed by atoms with E-state index in [-0.39, 0.29) is 0 Å². The van der Waals surface area contributed by atoms with Crippen LogP contribution < -0.4 is 10.6 Å². The number of piperidine rings is 1. The quantitative estimate of drug-likeness (QED) is 0.795. The summed E-state index contributed by atoms with van der Waals surface area (Å²) in [6.07, 6.45) is 8.07. The van der Waals surface area contributed by atoms with Crippen LogP contribution in [0.4, 0.5) is 0 Å². The molecule has 0 aromatic carbocycles. The highest BCUT2D eigenvalue weighted by atomic mass is 16.2. The van der Waals surface area contributed by atoms with Gasteiger partial charge in [-0.3, -0.25) is 4.79 Å². The predicted molar refractivity (Wildman–Crippen MR) is 70.0 cm³/mol. The summed E-state index contributed by atoms with van der Waals surface area (Å²) in [6.45, 7) is 1.98. The molecule has 5 unspecified atom stereocenters. The zero-order chi connectivity index (χ0) is 12.1. The third-order valence-electron chi connectivity index (χ3n) is 5.97. The highest BCUT2D eigenvalue weighted by molar-refractivity contribution is 5.82. The summed E-state index contributed by atoms with van der Waals surface area (Å²) in [4.78, 5) is 12.2. The monoisotopic (exact) mass is 248 g/mol. The highest BCUT2D eigenvalue weighted by Gasteiger charge is 2.67. The molecule has 4 rings (SSSR count). The minimum atomic E-state index is 0.369. The lowest BCUT2D eigenvalue weighted by molar-refractivity contribution is -0.123. The Morgan fingerprint density at radius 1 is 1.11 bits per heavy atom. The van der Waals surface area contributed by atoms with Crippen molar-refractivity contribution in [3.8, 4) is 0 Å². The van der Waals surface area contributed by atoms with Crippen molar-refractivity contribution in [2.24, 2.45) is 29.6 Å². The number of amides is 1. The molecule has 1 aliphatic heterocycles. The summed E-state index contributed by atoms with van der Waals surface area (Å²) >= 11 is 0. The van der Waals surface area contributed by atoms with Gasteiger partial charge in [0.25, 0.3) is 0 Å². The number of hydrogen-bond donors (Lipinski definition) is 2. The van der Waals surface area contributed by atoms with E-state index >= 15 is 0 Å². The first-order chi connectivity index (χ1) is 8.84. The van der Waals surface area contributed by atoms with E-state index in [9.17, 15) is 4.79 Å². The molecule has 3 nitrogen and oxygen atoms in total. The summed E-state index contributed by atoms with van der Waals surface area (Å²) in [5, 5.41) is 6.71. The SMILES string of the molecule is O=C(NCC1CCCCN1)C1C2C3CCC(C3)C12. The van der Waals surface area contributed by atoms with Crippen molar-refractivity contribution in [1.82, 2.24) is 10.6 Å². The Morgan fingerprint density at radius 3 is 2.56 bits per heavy atom. The van der Waals surface area contributed by atoms with Crippen LogP contribution in [-0.2, 0) is 4.79 Å². The van der Waals surface area contributed by atoms with Crippen LogP contribution in [0, 0.1) is 29.6 Å². The summed E-state index contributed by atoms with van der Waals surface area (Å²) in [5.74, 6) is 4.15. The van der Waals surface area contributed by atoms with Crippen molar-refractivity contribution in [3.63, 3.8) is 0 Å². The van der Waals surface area contributed by atoms with Gasteiger partial charge in [0.1, 0.15) is 0 Å². The van der Waals surface area contributed by atoms with Crippen LogP contribution in [0.15, 0.2) is 0 Å². The number of rotatable bonds is 3. The predicted octanol–water partition coefficient (Wildman–Crippen LogP) is 1.54. The molecular weight excluding hydrogens is 224 g/mol. The molecule has 0 aromatic rings. The molecule has 3 aliphatic carbocycles. The molecule has 2 N–H and O–H groups in total. The fourth-order valence-electron chi connectivity index (χ4n) is 5.12. The van der Waals surface area contributed by atoms with Gasteiger partial charge in [0.15, 0.2) is 0 Å². The topological polar surface area (TPSA) is 41.1 Å². The van der Waals surface area contributed by atoms with E-state index in [1.54, 1.807) is 0 Å². The lowest BCUT2D eigenvalue weighted by Gasteiger charge is -2.23. The van der Waals surface area contributed by atoms with Gasteiger partial charge in [0, 0.05) is 18.5 Å². The van der Waals surface area contributed by atoms with E-state index in [2.05, 4.69) is 10.6 Å². The lowest BCUT2D eigenvalue weighted by atomic mass is 10.0. The van der Waals surface area contributed by atoms with E-state index < -0.39 is 0 Å². The summed E-state index contributed by atoms with van der Waals surface area (Å²) in [5.41, 5.74) is 0. The van der Waals surface area contributed by atoms with Crippen LogP contribution in [0.25, 0.3) is 0 Å². The molecule has 4 aliphatic rings. The van der Waals surface area contributed by atoms with Gasteiger partial charge in [0.05, 0.1) is 0 Å². The number of carbonyl (C=O) groups excluding carboxylic acids is 1. The fourth-order valence-corrected chi connectivity index (χ4v) is 5.12. The molecule has 2 bridgehead atoms. The van der Waals surface area contributed by atoms with Gasteiger partial charge in [-0.05, 0) is 62.3 Å². The normalized spacial score (nSPS) is 48.9. The van der Waals surface area contributed by atoms with Crippen LogP contribution in [-0.4, -0.2) is 25.0 Å². The van der Waals surface area contributed by atoms with Gasteiger partial charge in [0.2, 0.25) is 5.91 Å². The first-order valence-corrected chi connectivity index (χ1v) is 7.85. The smallest absolute Gasteiger partial charge is 0.223 e. The first-order valence-electron chi connectivity index (χ1n) is 7.85. The Morgan fingerprint density at radius 2 is 1.89 bits per heavy atom. The Kier molecular flexibility index (Phi) is 2.65. The number of nitrogens with one attached hydrogen (secondary N) is 2. The molecule has 1 amide bonds. The maximum absolute atomic E-state index is 12.2. The number of carbonyl (C=O) groups is 1. The van der Waals surface area contributed by atoms with Gasteiger partial charge in [-0.1, -0.05) is 6.42 Å². The number of hydrogen-bond acceptors (Lipinski definition) is 2. The minimum absolute atomic E-state index is 0.369. The molecule has 0 radical (unpaired) electrons. The van der Waals surface area contributed by atoms with Crippen LogP contribution >= 0.6 is 0 Å². The van der Waals surface area contributed by atoms with E-state index in [0.717, 1.165) is 36.8 Å². The Bertz CT molecular complexity index is 334. The molecule has 18 heavy (non-hydrogen) atoms. The van der Waals surface area contributed by atoms with E-state index in [1.807, 2.05) is 0 Å². The average Bonchev–Trinajstić information content (AvgIpc) is 2.86. The third kappa shape index (κ3) is 1.70. The molecule has 4 fully saturated rings. The van der Waals surface area contributed by atoms with Crippen molar-refractivity contribution >= 4 is 5.91 Å². The van der Waals surface area contributed by atoms with Crippen molar-refractivity contribution in [3.05, 3.63) is 0 Å². The molecule has 1 heterocycles. The van der Waals surface area contributed by atoms with Gasteiger partial charge in [-0.25, -0.2) is 0 Å². The molecule has 100 valence electrons. The second kappa shape index (κ2) is 4.22. The van der Waals surface area contributed by atoms with Crippen LogP contribution in [0.2, 0.25) is 0 Å². The van der Waals surface area contributed by atoms with Crippen molar-refractivity contribution in [1.29, 1.82) is 0 Å². The van der Waals surface area contributed by atoms with Crippen LogP contribution in [0.5, 0.6) is 0 Å². The van der Waals surface area contributed by atoms with Crippen molar-refractivity contribution < 1.29 is 4.79 Å². The van der Waals surface area contributed by atoms with Crippen LogP contribution in [0.3, 0.4) is 0 Å². The van der Waals surface area contributed by atoms with Gasteiger partial charge < -0.3 is 10.6 Å². The molecule has 0 spiro atoms. The Balaban J connectivity index is 1.28. The van der Waals surface area contributed by atoms with Gasteiger partial charge in [-0.15, -0.1) is 0 Å². The minimum Gasteiger partial charge on any atom is -0.354 e. The molecule has 1 saturated heterocycles. The third-order valence-corrected chi connectivity index (χ3v) is 5.97. The summed E-state index contributed by atoms with van der Waals surface area (Å²) in [7, 11) is 0. The highest BCUT2D eigenvalue weighted by Crippen LogP contribution is 2.69. The molecule has 3 saturated carbocycles. The Labute approximate surface area is 109 Å². The van der Waals surface area contributed by atoms with Crippen LogP contribution in [0.1, 0.15) is 38.5 Å². The second-order valence-corrected chi connectivity index (χ2v) is 6.91. The molecule has 5 atom stereocenters. The van der Waals surface area contributed by atoms with Crippen molar-refractivity contribution in [2.75, 3.05) is 13.1 Å². The molecule has 3 heteroatoms. The Hall–Kier alpha value is -0.570. The molecule has 0 aromatic heterocycles. The summed E-state index contributed by atoms with van der Waals surface area (Å²) < 4.78 is 0. The van der Waals surface area contributed by atoms with E-state index in [1.165, 1.54) is 38.5 Å². The zero-order valence-corrected chi connectivity index (χ0v) is 11.0. The summed E-state index contributed by atoms with van der Waals surface area (Å²) in [6, 6.07) is 0.526. The maximum atomic E-state index is 12.2. The second-order valence-electron chi connectivity index (χ2n) is 6.91. The van der Waals surface area contributed by atoms with Gasteiger partial charge in [-0.2, -0.15) is 0 Å². The largest absolute Gasteiger partial charge is 0.354 e. The zero-order valence-electron chi connectivity index (χ0n) is 11.0. The average molecular weight is 248 g/mol.